The molecule has 0 spiro atoms. The van der Waals surface area contributed by atoms with E-state index in [9.17, 15) is 13.2 Å². The molecule has 0 aromatic heterocycles. The van der Waals surface area contributed by atoms with Crippen LogP contribution in [-0.2, 0) is 16.4 Å². The molecule has 4 aromatic rings. The van der Waals surface area contributed by atoms with E-state index in [0.29, 0.717) is 17.9 Å². The molecule has 0 aliphatic heterocycles. The van der Waals surface area contributed by atoms with E-state index in [4.69, 9.17) is 4.74 Å². The summed E-state index contributed by atoms with van der Waals surface area (Å²) in [6, 6.07) is 30.0. The Morgan fingerprint density at radius 2 is 1.61 bits per heavy atom. The number of aryl methyl sites for hydroxylation is 1. The third-order valence-corrected chi connectivity index (χ3v) is 9.44. The van der Waals surface area contributed by atoms with E-state index in [0.717, 1.165) is 46.2 Å². The average molecular weight is 637 g/mol. The van der Waals surface area contributed by atoms with Gasteiger partial charge in [0.25, 0.3) is 10.0 Å². The van der Waals surface area contributed by atoms with Gasteiger partial charge >= 0.3 is 6.03 Å². The molecular weight excluding hydrogens is 596 g/mol. The number of urea groups is 1. The number of rotatable bonds is 12. The molecule has 1 aliphatic rings. The highest BCUT2D eigenvalue weighted by Crippen LogP contribution is 2.45. The van der Waals surface area contributed by atoms with Crippen molar-refractivity contribution in [2.45, 2.75) is 56.9 Å². The second-order valence-electron chi connectivity index (χ2n) is 11.8. The van der Waals surface area contributed by atoms with Crippen LogP contribution in [0.4, 0.5) is 4.79 Å². The minimum atomic E-state index is -3.93. The van der Waals surface area contributed by atoms with Gasteiger partial charge in [0.2, 0.25) is 0 Å². The minimum Gasteiger partial charge on any atom is -0.496 e. The molecule has 5 rings (SSSR count). The molecule has 4 aromatic carbocycles. The predicted molar refractivity (Wildman–Crippen MR) is 183 cm³/mol. The molecule has 9 heteroatoms. The van der Waals surface area contributed by atoms with Gasteiger partial charge in [0.1, 0.15) is 5.75 Å². The number of methoxy groups -OCH3 is 1. The number of benzene rings is 4. The second kappa shape index (κ2) is 14.6. The summed E-state index contributed by atoms with van der Waals surface area (Å²) < 4.78 is 36.7. The van der Waals surface area contributed by atoms with Gasteiger partial charge < -0.3 is 10.1 Å². The van der Waals surface area contributed by atoms with Crippen LogP contribution in [0.1, 0.15) is 72.0 Å². The zero-order valence-corrected chi connectivity index (χ0v) is 27.4. The predicted octanol–water partition coefficient (Wildman–Crippen LogP) is 7.33. The van der Waals surface area contributed by atoms with Crippen molar-refractivity contribution >= 4 is 28.0 Å². The first kappa shape index (κ1) is 32.6. The lowest BCUT2D eigenvalue weighted by molar-refractivity contribution is 0.239. The van der Waals surface area contributed by atoms with E-state index in [2.05, 4.69) is 20.2 Å². The van der Waals surface area contributed by atoms with Crippen LogP contribution >= 0.6 is 0 Å². The number of ether oxygens (including phenoxy) is 1. The minimum absolute atomic E-state index is 0.000976. The Kier molecular flexibility index (Phi) is 10.3. The number of carbonyl (C=O) groups is 1. The van der Waals surface area contributed by atoms with E-state index in [1.807, 2.05) is 105 Å². The summed E-state index contributed by atoms with van der Waals surface area (Å²) in [5.41, 5.74) is 8.22. The summed E-state index contributed by atoms with van der Waals surface area (Å²) in [6.07, 6.45) is 4.26. The van der Waals surface area contributed by atoms with Crippen LogP contribution in [0.15, 0.2) is 111 Å². The molecule has 8 nitrogen and oxygen atoms in total. The first-order valence-electron chi connectivity index (χ1n) is 15.4. The highest BCUT2D eigenvalue weighted by atomic mass is 32.2. The van der Waals surface area contributed by atoms with Crippen molar-refractivity contribution < 1.29 is 17.9 Å². The Morgan fingerprint density at radius 1 is 0.957 bits per heavy atom. The van der Waals surface area contributed by atoms with Crippen LogP contribution in [0, 0.1) is 12.8 Å². The van der Waals surface area contributed by atoms with Gasteiger partial charge in [-0.1, -0.05) is 85.8 Å². The fraction of sp³-hybridized carbons (Fsp3) is 0.270. The Bertz CT molecular complexity index is 1800. The molecule has 238 valence electrons. The molecule has 1 aliphatic carbocycles. The Hall–Kier alpha value is -4.76. The van der Waals surface area contributed by atoms with Crippen LogP contribution in [0.3, 0.4) is 0 Å². The number of hydrazone groups is 1. The molecule has 1 saturated carbocycles. The Labute approximate surface area is 271 Å². The van der Waals surface area contributed by atoms with Crippen molar-refractivity contribution in [3.05, 3.63) is 130 Å². The molecule has 2 amide bonds. The first-order valence-corrected chi connectivity index (χ1v) is 16.9. The zero-order valence-electron chi connectivity index (χ0n) is 26.6. The maximum absolute atomic E-state index is 13.5. The van der Waals surface area contributed by atoms with Crippen LogP contribution in [0.5, 0.6) is 5.75 Å². The molecule has 46 heavy (non-hydrogen) atoms. The third kappa shape index (κ3) is 8.28. The fourth-order valence-corrected chi connectivity index (χ4v) is 6.91. The number of hydrogen-bond acceptors (Lipinski definition) is 5. The van der Waals surface area contributed by atoms with Crippen LogP contribution < -0.4 is 15.5 Å². The number of nitrogens with zero attached hydrogens (tertiary/aromatic N) is 2. The lowest BCUT2D eigenvalue weighted by Gasteiger charge is -2.19. The fourth-order valence-electron chi connectivity index (χ4n) is 5.50. The van der Waals surface area contributed by atoms with Crippen LogP contribution in [-0.4, -0.2) is 33.5 Å². The van der Waals surface area contributed by atoms with Gasteiger partial charge in [-0.2, -0.15) is 17.9 Å². The first-order chi connectivity index (χ1) is 22.1. The summed E-state index contributed by atoms with van der Waals surface area (Å²) >= 11 is 0. The van der Waals surface area contributed by atoms with E-state index in [1.54, 1.807) is 26.3 Å². The van der Waals surface area contributed by atoms with E-state index in [-0.39, 0.29) is 22.8 Å². The van der Waals surface area contributed by atoms with Crippen molar-refractivity contribution in [3.63, 3.8) is 0 Å². The maximum Gasteiger partial charge on any atom is 0.335 e. The van der Waals surface area contributed by atoms with Crippen LogP contribution in [0.25, 0.3) is 0 Å². The highest BCUT2D eigenvalue weighted by Gasteiger charge is 2.31. The molecule has 0 saturated heterocycles. The van der Waals surface area contributed by atoms with Gasteiger partial charge in [-0.15, -0.1) is 0 Å². The molecule has 0 bridgehead atoms. The van der Waals surface area contributed by atoms with E-state index in [1.165, 1.54) is 0 Å². The third-order valence-electron chi connectivity index (χ3n) is 8.02. The number of carbonyl (C=O) groups excluding carboxylic acids is 1. The molecule has 0 radical (unpaired) electrons. The standard InChI is InChI=1S/C37H40N4O4S/c1-25(24-38-40-37(42)39-36(30-13-7-5-8-14-30)31-15-9-6-10-16-31)20-28-12-11-17-32(22-28)27(3)41-46(43,44)35-21-26(2)34(45-4)23-33(35)29-18-19-29/h5-17,21-25,29,36H,18-20H2,1-4H3,(H2,39,40,42)/b38-24+,41-27+. The zero-order chi connectivity index (χ0) is 32.7. The van der Waals surface area contributed by atoms with Crippen molar-refractivity contribution in [1.82, 2.24) is 10.7 Å². The second-order valence-corrected chi connectivity index (χ2v) is 13.4. The van der Waals surface area contributed by atoms with Crippen molar-refractivity contribution in [2.24, 2.45) is 15.4 Å². The Balaban J connectivity index is 1.23. The molecule has 1 atom stereocenters. The van der Waals surface area contributed by atoms with Gasteiger partial charge in [0, 0.05) is 6.21 Å². The van der Waals surface area contributed by atoms with Gasteiger partial charge in [0.15, 0.2) is 0 Å². The van der Waals surface area contributed by atoms with Gasteiger partial charge in [0.05, 0.1) is 23.8 Å². The maximum atomic E-state index is 13.5. The lowest BCUT2D eigenvalue weighted by Crippen LogP contribution is -2.36. The summed E-state index contributed by atoms with van der Waals surface area (Å²) in [5.74, 6) is 0.904. The summed E-state index contributed by atoms with van der Waals surface area (Å²) in [6.45, 7) is 5.56. The van der Waals surface area contributed by atoms with Crippen molar-refractivity contribution in [2.75, 3.05) is 7.11 Å². The average Bonchev–Trinajstić information content (AvgIpc) is 3.90. The Morgan fingerprint density at radius 3 is 2.22 bits per heavy atom. The topological polar surface area (TPSA) is 109 Å². The molecular formula is C37H40N4O4S. The summed E-state index contributed by atoms with van der Waals surface area (Å²) in [4.78, 5) is 13.0. The highest BCUT2D eigenvalue weighted by molar-refractivity contribution is 7.90. The largest absolute Gasteiger partial charge is 0.496 e. The van der Waals surface area contributed by atoms with Gasteiger partial charge in [-0.05, 0) is 96.5 Å². The molecule has 1 unspecified atom stereocenters. The van der Waals surface area contributed by atoms with Crippen molar-refractivity contribution in [3.8, 4) is 5.75 Å². The quantitative estimate of drug-likeness (QED) is 0.125. The molecule has 2 N–H and O–H groups in total. The number of hydrogen-bond donors (Lipinski definition) is 2. The van der Waals surface area contributed by atoms with Crippen molar-refractivity contribution in [1.29, 1.82) is 0 Å². The molecule has 1 fully saturated rings. The number of sulfonamides is 1. The van der Waals surface area contributed by atoms with Crippen LogP contribution in [0.2, 0.25) is 0 Å². The SMILES string of the molecule is COc1cc(C2CC2)c(S(=O)(=O)/N=C(\C)c2cccc(CC(C)/C=N/NC(=O)NC(c3ccccc3)c3ccccc3)c2)cc1C. The van der Waals surface area contributed by atoms with Gasteiger partial charge in [-0.25, -0.2) is 10.2 Å². The summed E-state index contributed by atoms with van der Waals surface area (Å²) in [5, 5.41) is 7.21. The number of nitrogens with one attached hydrogen (secondary N) is 2. The van der Waals surface area contributed by atoms with E-state index < -0.39 is 16.1 Å². The van der Waals surface area contributed by atoms with Gasteiger partial charge in [-0.3, -0.25) is 0 Å². The monoisotopic (exact) mass is 636 g/mol. The summed E-state index contributed by atoms with van der Waals surface area (Å²) in [7, 11) is -2.33. The normalized spacial score (nSPS) is 14.3. The number of amides is 2. The molecule has 0 heterocycles. The lowest BCUT2D eigenvalue weighted by atomic mass is 9.99. The smallest absolute Gasteiger partial charge is 0.335 e. The van der Waals surface area contributed by atoms with E-state index >= 15 is 0 Å².